The molecule has 23 heavy (non-hydrogen) atoms. The van der Waals surface area contributed by atoms with Crippen molar-refractivity contribution >= 4 is 0 Å². The van der Waals surface area contributed by atoms with Gasteiger partial charge in [0.25, 0.3) is 0 Å². The van der Waals surface area contributed by atoms with E-state index in [0.717, 1.165) is 23.0 Å². The first-order chi connectivity index (χ1) is 11.0. The molecule has 6 nitrogen and oxygen atoms in total. The number of para-hydroxylation sites is 2. The maximum atomic E-state index is 5.97. The molecule has 0 unspecified atom stereocenters. The van der Waals surface area contributed by atoms with E-state index in [4.69, 9.17) is 4.74 Å². The van der Waals surface area contributed by atoms with Crippen molar-refractivity contribution in [2.24, 2.45) is 7.05 Å². The fourth-order valence-electron chi connectivity index (χ4n) is 2.41. The van der Waals surface area contributed by atoms with Gasteiger partial charge in [0, 0.05) is 24.4 Å². The molecule has 1 aromatic carbocycles. The summed E-state index contributed by atoms with van der Waals surface area (Å²) in [6.07, 6.45) is 3.34. The van der Waals surface area contributed by atoms with Gasteiger partial charge in [-0.3, -0.25) is 4.68 Å². The molecule has 3 rings (SSSR count). The van der Waals surface area contributed by atoms with Gasteiger partial charge in [0.15, 0.2) is 5.82 Å². The zero-order valence-electron chi connectivity index (χ0n) is 13.9. The topological polar surface area (TPSA) is 57.8 Å². The van der Waals surface area contributed by atoms with Crippen LogP contribution in [0.15, 0.2) is 42.9 Å². The summed E-state index contributed by atoms with van der Waals surface area (Å²) in [7, 11) is 1.85. The molecular weight excluding hydrogens is 290 g/mol. The summed E-state index contributed by atoms with van der Waals surface area (Å²) < 4.78 is 9.61. The number of hydrogen-bond acceptors (Lipinski definition) is 4. The third-order valence-corrected chi connectivity index (χ3v) is 3.67. The third kappa shape index (κ3) is 3.11. The minimum Gasteiger partial charge on any atom is -0.483 e. The van der Waals surface area contributed by atoms with Gasteiger partial charge in [0.05, 0.1) is 0 Å². The summed E-state index contributed by atoms with van der Waals surface area (Å²) in [4.78, 5) is 4.18. The fraction of sp³-hybridized carbons (Fsp3) is 0.353. The molecule has 0 saturated carbocycles. The number of aryl methyl sites for hydroxylation is 1. The Morgan fingerprint density at radius 2 is 1.87 bits per heavy atom. The Hall–Kier alpha value is -2.63. The lowest BCUT2D eigenvalue weighted by Crippen LogP contribution is -2.18. The molecule has 0 spiro atoms. The van der Waals surface area contributed by atoms with Gasteiger partial charge in [-0.05, 0) is 18.2 Å². The minimum atomic E-state index is -0.00674. The molecule has 6 heteroatoms. The first-order valence-electron chi connectivity index (χ1n) is 7.56. The van der Waals surface area contributed by atoms with E-state index in [9.17, 15) is 0 Å². The van der Waals surface area contributed by atoms with Gasteiger partial charge < -0.3 is 4.74 Å². The van der Waals surface area contributed by atoms with Crippen LogP contribution in [0.4, 0.5) is 0 Å². The van der Waals surface area contributed by atoms with Gasteiger partial charge in [0.2, 0.25) is 0 Å². The molecule has 0 aliphatic heterocycles. The number of ether oxygens (including phenoxy) is 1. The monoisotopic (exact) mass is 311 g/mol. The highest BCUT2D eigenvalue weighted by Crippen LogP contribution is 2.29. The van der Waals surface area contributed by atoms with Crippen LogP contribution in [-0.2, 0) is 19.1 Å². The molecule has 0 bridgehead atoms. The lowest BCUT2D eigenvalue weighted by atomic mass is 9.92. The summed E-state index contributed by atoms with van der Waals surface area (Å²) in [6, 6.07) is 9.93. The van der Waals surface area contributed by atoms with Crippen molar-refractivity contribution < 1.29 is 4.74 Å². The van der Waals surface area contributed by atoms with Gasteiger partial charge >= 0.3 is 0 Å². The quantitative estimate of drug-likeness (QED) is 0.743. The fourth-order valence-corrected chi connectivity index (χ4v) is 2.41. The first-order valence-corrected chi connectivity index (χ1v) is 7.56. The molecule has 120 valence electrons. The molecule has 0 aliphatic carbocycles. The van der Waals surface area contributed by atoms with E-state index >= 15 is 0 Å². The average Bonchev–Trinajstić information content (AvgIpc) is 3.14. The molecule has 0 radical (unpaired) electrons. The molecule has 0 saturated heterocycles. The van der Waals surface area contributed by atoms with Crippen molar-refractivity contribution in [1.82, 2.24) is 24.5 Å². The van der Waals surface area contributed by atoms with Crippen molar-refractivity contribution in [2.45, 2.75) is 32.8 Å². The highest BCUT2D eigenvalue weighted by atomic mass is 16.5. The molecule has 3 aromatic rings. The maximum Gasteiger partial charge on any atom is 0.164 e. The summed E-state index contributed by atoms with van der Waals surface area (Å²) in [5.74, 6) is 1.54. The van der Waals surface area contributed by atoms with Crippen LogP contribution in [0.3, 0.4) is 0 Å². The van der Waals surface area contributed by atoms with Crippen LogP contribution in [0.2, 0.25) is 0 Å². The second-order valence-electron chi connectivity index (χ2n) is 6.43. The zero-order chi connectivity index (χ0) is 16.4. The summed E-state index contributed by atoms with van der Waals surface area (Å²) in [5.41, 5.74) is 2.05. The van der Waals surface area contributed by atoms with E-state index in [2.05, 4.69) is 36.0 Å². The Labute approximate surface area is 135 Å². The molecule has 0 N–H and O–H groups in total. The second-order valence-corrected chi connectivity index (χ2v) is 6.43. The van der Waals surface area contributed by atoms with Crippen LogP contribution >= 0.6 is 0 Å². The van der Waals surface area contributed by atoms with Crippen LogP contribution in [0.25, 0.3) is 5.69 Å². The third-order valence-electron chi connectivity index (χ3n) is 3.67. The number of benzene rings is 1. The molecule has 2 aromatic heterocycles. The van der Waals surface area contributed by atoms with Gasteiger partial charge in [0.1, 0.15) is 24.4 Å². The van der Waals surface area contributed by atoms with Crippen molar-refractivity contribution in [2.75, 3.05) is 0 Å². The van der Waals surface area contributed by atoms with E-state index in [0.29, 0.717) is 6.61 Å². The van der Waals surface area contributed by atoms with Crippen LogP contribution < -0.4 is 4.74 Å². The van der Waals surface area contributed by atoms with Crippen LogP contribution in [0, 0.1) is 0 Å². The number of rotatable bonds is 4. The van der Waals surface area contributed by atoms with E-state index in [1.807, 2.05) is 48.3 Å². The highest BCUT2D eigenvalue weighted by Gasteiger charge is 2.21. The largest absolute Gasteiger partial charge is 0.483 e. The van der Waals surface area contributed by atoms with Crippen molar-refractivity contribution in [3.05, 3.63) is 54.4 Å². The first kappa shape index (κ1) is 15.3. The lowest BCUT2D eigenvalue weighted by Gasteiger charge is -2.21. The van der Waals surface area contributed by atoms with E-state index in [1.54, 1.807) is 4.68 Å². The van der Waals surface area contributed by atoms with Crippen LogP contribution in [0.1, 0.15) is 32.3 Å². The van der Waals surface area contributed by atoms with Crippen LogP contribution in [-0.4, -0.2) is 24.5 Å². The van der Waals surface area contributed by atoms with Crippen LogP contribution in [0.5, 0.6) is 5.75 Å². The second kappa shape index (κ2) is 5.87. The summed E-state index contributed by atoms with van der Waals surface area (Å²) in [6.45, 7) is 6.87. The Kier molecular flexibility index (Phi) is 3.90. The molecule has 0 atom stereocenters. The van der Waals surface area contributed by atoms with E-state index < -0.39 is 0 Å². The number of hydrogen-bond donors (Lipinski definition) is 0. The van der Waals surface area contributed by atoms with Crippen molar-refractivity contribution in [1.29, 1.82) is 0 Å². The molecule has 0 fully saturated rings. The predicted molar refractivity (Wildman–Crippen MR) is 87.6 cm³/mol. The predicted octanol–water partition coefficient (Wildman–Crippen LogP) is 2.88. The van der Waals surface area contributed by atoms with Crippen molar-refractivity contribution in [3.8, 4) is 11.4 Å². The SMILES string of the molecule is Cn1ncnc1COc1ccccc1-n1nccc1C(C)(C)C. The summed E-state index contributed by atoms with van der Waals surface area (Å²) >= 11 is 0. The summed E-state index contributed by atoms with van der Waals surface area (Å²) in [5, 5.41) is 8.54. The Bertz CT molecular complexity index is 797. The van der Waals surface area contributed by atoms with Gasteiger partial charge in [-0.25, -0.2) is 9.67 Å². The standard InChI is InChI=1S/C17H21N5O/c1-17(2,3)15-9-10-19-22(15)13-7-5-6-8-14(13)23-11-16-18-12-20-21(16)4/h5-10,12H,11H2,1-4H3. The molecule has 2 heterocycles. The average molecular weight is 311 g/mol. The molecule has 0 amide bonds. The Morgan fingerprint density at radius 1 is 1.09 bits per heavy atom. The maximum absolute atomic E-state index is 5.97. The van der Waals surface area contributed by atoms with Gasteiger partial charge in [-0.15, -0.1) is 0 Å². The highest BCUT2D eigenvalue weighted by molar-refractivity contribution is 5.47. The van der Waals surface area contributed by atoms with E-state index in [-0.39, 0.29) is 5.41 Å². The zero-order valence-corrected chi connectivity index (χ0v) is 13.9. The minimum absolute atomic E-state index is 0.00674. The molecular formula is C17H21N5O. The Balaban J connectivity index is 1.93. The smallest absolute Gasteiger partial charge is 0.164 e. The van der Waals surface area contributed by atoms with Crippen molar-refractivity contribution in [3.63, 3.8) is 0 Å². The van der Waals surface area contributed by atoms with E-state index in [1.165, 1.54) is 6.33 Å². The lowest BCUT2D eigenvalue weighted by molar-refractivity contribution is 0.288. The van der Waals surface area contributed by atoms with Gasteiger partial charge in [-0.2, -0.15) is 10.2 Å². The number of nitrogens with zero attached hydrogens (tertiary/aromatic N) is 5. The van der Waals surface area contributed by atoms with Gasteiger partial charge in [-0.1, -0.05) is 32.9 Å². The Morgan fingerprint density at radius 3 is 2.57 bits per heavy atom. The normalized spacial score (nSPS) is 11.7. The number of aromatic nitrogens is 5. The molecule has 0 aliphatic rings.